The monoisotopic (exact) mass is 396 g/mol. The third kappa shape index (κ3) is 5.29. The molecule has 1 aromatic rings. The summed E-state index contributed by atoms with van der Waals surface area (Å²) in [5.41, 5.74) is 0.733. The summed E-state index contributed by atoms with van der Waals surface area (Å²) in [5, 5.41) is 2.81. The van der Waals surface area contributed by atoms with E-state index in [0.717, 1.165) is 12.8 Å². The van der Waals surface area contributed by atoms with Crippen molar-refractivity contribution in [3.05, 3.63) is 29.3 Å². The molecular formula is C19H28N2O5S. The second kappa shape index (κ2) is 8.84. The van der Waals surface area contributed by atoms with Gasteiger partial charge in [0.2, 0.25) is 10.0 Å². The quantitative estimate of drug-likeness (QED) is 0.645. The SMILES string of the molecule is CCN(CC)S(=O)(=O)c1ccc(C)c(C(=O)OCC(=O)N[C@@H](C)C2CC2)c1. The highest BCUT2D eigenvalue weighted by molar-refractivity contribution is 7.89. The standard InChI is InChI=1S/C19H28N2O5S/c1-5-21(6-2)27(24,25)16-10-7-13(3)17(11-16)19(23)26-12-18(22)20-14(4)15-8-9-15/h7,10-11,14-15H,5-6,8-9,12H2,1-4H3,(H,20,22)/t14-/m0/s1. The Balaban J connectivity index is 2.08. The van der Waals surface area contributed by atoms with Gasteiger partial charge in [0.25, 0.3) is 5.91 Å². The smallest absolute Gasteiger partial charge is 0.338 e. The minimum Gasteiger partial charge on any atom is -0.452 e. The molecule has 1 aliphatic rings. The highest BCUT2D eigenvalue weighted by Crippen LogP contribution is 2.32. The van der Waals surface area contributed by atoms with Crippen LogP contribution >= 0.6 is 0 Å². The molecule has 7 nitrogen and oxygen atoms in total. The Morgan fingerprint density at radius 2 is 1.89 bits per heavy atom. The van der Waals surface area contributed by atoms with Crippen LogP contribution in [0.1, 0.15) is 49.5 Å². The molecule has 1 N–H and O–H groups in total. The second-order valence-corrected chi connectivity index (χ2v) is 8.77. The van der Waals surface area contributed by atoms with Gasteiger partial charge in [-0.2, -0.15) is 4.31 Å². The number of hydrogen-bond acceptors (Lipinski definition) is 5. The van der Waals surface area contributed by atoms with Gasteiger partial charge in [-0.25, -0.2) is 13.2 Å². The van der Waals surface area contributed by atoms with Gasteiger partial charge in [0, 0.05) is 19.1 Å². The lowest BCUT2D eigenvalue weighted by Crippen LogP contribution is -2.37. The van der Waals surface area contributed by atoms with Crippen LogP contribution < -0.4 is 5.32 Å². The summed E-state index contributed by atoms with van der Waals surface area (Å²) in [6, 6.07) is 4.43. The molecule has 0 aromatic heterocycles. The summed E-state index contributed by atoms with van der Waals surface area (Å²) in [6.07, 6.45) is 2.21. The summed E-state index contributed by atoms with van der Waals surface area (Å²) < 4.78 is 31.7. The Labute approximate surface area is 161 Å². The predicted octanol–water partition coefficient (Wildman–Crippen LogP) is 2.10. The Morgan fingerprint density at radius 3 is 2.44 bits per heavy atom. The van der Waals surface area contributed by atoms with Gasteiger partial charge >= 0.3 is 5.97 Å². The van der Waals surface area contributed by atoms with Crippen LogP contribution in [0.25, 0.3) is 0 Å². The van der Waals surface area contributed by atoms with Crippen LogP contribution in [-0.2, 0) is 19.6 Å². The number of aryl methyl sites for hydroxylation is 1. The molecule has 8 heteroatoms. The van der Waals surface area contributed by atoms with Gasteiger partial charge in [0.05, 0.1) is 10.5 Å². The van der Waals surface area contributed by atoms with Gasteiger partial charge in [-0.1, -0.05) is 19.9 Å². The molecule has 1 amide bonds. The number of carbonyl (C=O) groups excluding carboxylic acids is 2. The lowest BCUT2D eigenvalue weighted by molar-refractivity contribution is -0.125. The van der Waals surface area contributed by atoms with E-state index in [9.17, 15) is 18.0 Å². The highest BCUT2D eigenvalue weighted by Gasteiger charge is 2.29. The molecule has 0 spiro atoms. The Hall–Kier alpha value is -1.93. The van der Waals surface area contributed by atoms with E-state index in [2.05, 4.69) is 5.32 Å². The molecular weight excluding hydrogens is 368 g/mol. The molecule has 150 valence electrons. The number of hydrogen-bond donors (Lipinski definition) is 1. The van der Waals surface area contributed by atoms with E-state index >= 15 is 0 Å². The molecule has 0 saturated heterocycles. The zero-order valence-corrected chi connectivity index (χ0v) is 17.1. The van der Waals surface area contributed by atoms with Crippen molar-refractivity contribution in [2.75, 3.05) is 19.7 Å². The van der Waals surface area contributed by atoms with Crippen LogP contribution in [0.5, 0.6) is 0 Å². The zero-order valence-electron chi connectivity index (χ0n) is 16.3. The molecule has 2 rings (SSSR count). The van der Waals surface area contributed by atoms with Crippen LogP contribution in [0.15, 0.2) is 23.1 Å². The molecule has 1 saturated carbocycles. The lowest BCUT2D eigenvalue weighted by atomic mass is 10.1. The fourth-order valence-corrected chi connectivity index (χ4v) is 4.40. The normalized spacial score (nSPS) is 15.4. The van der Waals surface area contributed by atoms with Crippen molar-refractivity contribution < 1.29 is 22.7 Å². The average molecular weight is 397 g/mol. The largest absolute Gasteiger partial charge is 0.452 e. The fourth-order valence-electron chi connectivity index (χ4n) is 2.91. The third-order valence-corrected chi connectivity index (χ3v) is 6.87. The van der Waals surface area contributed by atoms with Crippen molar-refractivity contribution in [3.8, 4) is 0 Å². The molecule has 0 radical (unpaired) electrons. The first kappa shape index (κ1) is 21.4. The van der Waals surface area contributed by atoms with Crippen molar-refractivity contribution >= 4 is 21.9 Å². The summed E-state index contributed by atoms with van der Waals surface area (Å²) in [6.45, 7) is 7.43. The first-order valence-electron chi connectivity index (χ1n) is 9.28. The van der Waals surface area contributed by atoms with E-state index in [4.69, 9.17) is 4.74 Å². The van der Waals surface area contributed by atoms with Crippen molar-refractivity contribution in [3.63, 3.8) is 0 Å². The van der Waals surface area contributed by atoms with Gasteiger partial charge in [-0.05, 0) is 50.3 Å². The van der Waals surface area contributed by atoms with Crippen LogP contribution in [0.2, 0.25) is 0 Å². The third-order valence-electron chi connectivity index (χ3n) is 4.82. The molecule has 0 bridgehead atoms. The van der Waals surface area contributed by atoms with Crippen molar-refractivity contribution in [1.29, 1.82) is 0 Å². The van der Waals surface area contributed by atoms with Gasteiger partial charge in [0.1, 0.15) is 0 Å². The minimum absolute atomic E-state index is 0.0376. The van der Waals surface area contributed by atoms with E-state index < -0.39 is 16.0 Å². The zero-order chi connectivity index (χ0) is 20.2. The molecule has 1 atom stereocenters. The predicted molar refractivity (Wildman–Crippen MR) is 102 cm³/mol. The molecule has 0 heterocycles. The minimum atomic E-state index is -3.68. The van der Waals surface area contributed by atoms with Crippen molar-refractivity contribution in [2.45, 2.75) is 51.5 Å². The van der Waals surface area contributed by atoms with E-state index in [0.29, 0.717) is 24.6 Å². The summed E-state index contributed by atoms with van der Waals surface area (Å²) in [5.74, 6) is -0.556. The van der Waals surface area contributed by atoms with Crippen molar-refractivity contribution in [2.24, 2.45) is 5.92 Å². The maximum absolute atomic E-state index is 12.6. The number of benzene rings is 1. The van der Waals surface area contributed by atoms with Crippen LogP contribution in [0.3, 0.4) is 0 Å². The fraction of sp³-hybridized carbons (Fsp3) is 0.579. The molecule has 1 fully saturated rings. The van der Waals surface area contributed by atoms with Crippen LogP contribution in [-0.4, -0.2) is 50.3 Å². The summed E-state index contributed by atoms with van der Waals surface area (Å²) in [4.78, 5) is 24.3. The number of rotatable bonds is 9. The van der Waals surface area contributed by atoms with Crippen molar-refractivity contribution in [1.82, 2.24) is 9.62 Å². The number of nitrogens with one attached hydrogen (secondary N) is 1. The number of ether oxygens (including phenoxy) is 1. The van der Waals surface area contributed by atoms with E-state index in [-0.39, 0.29) is 29.0 Å². The molecule has 1 aliphatic carbocycles. The number of nitrogens with zero attached hydrogens (tertiary/aromatic N) is 1. The van der Waals surface area contributed by atoms with E-state index in [1.54, 1.807) is 26.8 Å². The molecule has 1 aromatic carbocycles. The van der Waals surface area contributed by atoms with Gasteiger partial charge in [0.15, 0.2) is 6.61 Å². The maximum atomic E-state index is 12.6. The Kier molecular flexibility index (Phi) is 7.00. The lowest BCUT2D eigenvalue weighted by Gasteiger charge is -2.19. The van der Waals surface area contributed by atoms with Gasteiger partial charge in [-0.3, -0.25) is 4.79 Å². The molecule has 27 heavy (non-hydrogen) atoms. The number of sulfonamides is 1. The van der Waals surface area contributed by atoms with E-state index in [1.807, 2.05) is 6.92 Å². The van der Waals surface area contributed by atoms with Crippen LogP contribution in [0, 0.1) is 12.8 Å². The average Bonchev–Trinajstić information content (AvgIpc) is 3.45. The van der Waals surface area contributed by atoms with Gasteiger partial charge < -0.3 is 10.1 Å². The highest BCUT2D eigenvalue weighted by atomic mass is 32.2. The summed E-state index contributed by atoms with van der Waals surface area (Å²) in [7, 11) is -3.68. The number of carbonyl (C=O) groups is 2. The first-order valence-corrected chi connectivity index (χ1v) is 10.7. The number of esters is 1. The Morgan fingerprint density at radius 1 is 1.26 bits per heavy atom. The molecule has 0 unspecified atom stereocenters. The van der Waals surface area contributed by atoms with Crippen LogP contribution in [0.4, 0.5) is 0 Å². The second-order valence-electron chi connectivity index (χ2n) is 6.84. The topological polar surface area (TPSA) is 92.8 Å². The molecule has 0 aliphatic heterocycles. The van der Waals surface area contributed by atoms with E-state index in [1.165, 1.54) is 16.4 Å². The summed E-state index contributed by atoms with van der Waals surface area (Å²) >= 11 is 0. The Bertz CT molecular complexity index is 798. The number of amides is 1. The van der Waals surface area contributed by atoms with Gasteiger partial charge in [-0.15, -0.1) is 0 Å². The maximum Gasteiger partial charge on any atom is 0.338 e. The first-order chi connectivity index (χ1) is 12.7.